The fourth-order valence-corrected chi connectivity index (χ4v) is 3.55. The summed E-state index contributed by atoms with van der Waals surface area (Å²) >= 11 is 1.59. The van der Waals surface area contributed by atoms with Gasteiger partial charge < -0.3 is 11.1 Å². The zero-order chi connectivity index (χ0) is 15.6. The lowest BCUT2D eigenvalue weighted by Crippen LogP contribution is -2.16. The molecule has 1 aromatic carbocycles. The number of anilines is 2. The van der Waals surface area contributed by atoms with Crippen LogP contribution in [0.3, 0.4) is 0 Å². The smallest absolute Gasteiger partial charge is 0.238 e. The molecule has 0 bridgehead atoms. The molecule has 21 heavy (non-hydrogen) atoms. The number of thiazole rings is 1. The summed E-state index contributed by atoms with van der Waals surface area (Å²) < 4.78 is 23.1. The summed E-state index contributed by atoms with van der Waals surface area (Å²) in [4.78, 5) is 4.31. The second-order valence-corrected chi connectivity index (χ2v) is 7.34. The maximum atomic E-state index is 11.6. The molecule has 2 rings (SSSR count). The molecule has 0 radical (unpaired) electrons. The molecular formula is C13H18N4O2S2. The van der Waals surface area contributed by atoms with Crippen molar-refractivity contribution in [1.82, 2.24) is 4.98 Å². The van der Waals surface area contributed by atoms with E-state index >= 15 is 0 Å². The summed E-state index contributed by atoms with van der Waals surface area (Å²) in [5, 5.41) is 11.4. The van der Waals surface area contributed by atoms with Crippen LogP contribution in [0.4, 0.5) is 11.4 Å². The van der Waals surface area contributed by atoms with Gasteiger partial charge in [-0.05, 0) is 24.6 Å². The minimum atomic E-state index is -3.79. The van der Waals surface area contributed by atoms with Crippen molar-refractivity contribution in [3.63, 3.8) is 0 Å². The molecule has 1 aromatic heterocycles. The maximum absolute atomic E-state index is 11.6. The van der Waals surface area contributed by atoms with E-state index in [1.165, 1.54) is 6.07 Å². The van der Waals surface area contributed by atoms with Gasteiger partial charge in [0.2, 0.25) is 10.0 Å². The van der Waals surface area contributed by atoms with E-state index in [4.69, 9.17) is 10.9 Å². The number of primary sulfonamides is 1. The van der Waals surface area contributed by atoms with Crippen molar-refractivity contribution in [1.29, 1.82) is 0 Å². The van der Waals surface area contributed by atoms with Crippen LogP contribution in [0.25, 0.3) is 0 Å². The summed E-state index contributed by atoms with van der Waals surface area (Å²) in [7, 11) is -3.79. The van der Waals surface area contributed by atoms with E-state index in [2.05, 4.69) is 10.3 Å². The highest BCUT2D eigenvalue weighted by Crippen LogP contribution is 2.27. The Morgan fingerprint density at radius 3 is 2.71 bits per heavy atom. The molecule has 0 amide bonds. The summed E-state index contributed by atoms with van der Waals surface area (Å²) in [6.45, 7) is 4.38. The van der Waals surface area contributed by atoms with E-state index in [-0.39, 0.29) is 10.8 Å². The number of aromatic nitrogens is 1. The van der Waals surface area contributed by atoms with Gasteiger partial charge in [0.05, 0.1) is 9.90 Å². The van der Waals surface area contributed by atoms with E-state index in [1.807, 2.05) is 12.3 Å². The molecular weight excluding hydrogens is 308 g/mol. The third-order valence-electron chi connectivity index (χ3n) is 3.16. The van der Waals surface area contributed by atoms with E-state index in [1.54, 1.807) is 30.5 Å². The van der Waals surface area contributed by atoms with Gasteiger partial charge in [-0.15, -0.1) is 11.3 Å². The SMILES string of the molecule is Cc1c(NCC(C)c2nccs2)cc(N)cc1S(N)(=O)=O. The zero-order valence-corrected chi connectivity index (χ0v) is 13.5. The van der Waals surface area contributed by atoms with Gasteiger partial charge in [-0.3, -0.25) is 0 Å². The van der Waals surface area contributed by atoms with Crippen molar-refractivity contribution in [3.8, 4) is 0 Å². The number of nitrogens with one attached hydrogen (secondary N) is 1. The molecule has 0 aliphatic heterocycles. The van der Waals surface area contributed by atoms with E-state index < -0.39 is 10.0 Å². The van der Waals surface area contributed by atoms with Crippen LogP contribution in [0.15, 0.2) is 28.6 Å². The molecule has 114 valence electrons. The van der Waals surface area contributed by atoms with Crippen LogP contribution in [0.5, 0.6) is 0 Å². The highest BCUT2D eigenvalue weighted by Gasteiger charge is 2.16. The normalized spacial score (nSPS) is 13.1. The van der Waals surface area contributed by atoms with Crippen molar-refractivity contribution < 1.29 is 8.42 Å². The Kier molecular flexibility index (Phi) is 4.50. The van der Waals surface area contributed by atoms with Crippen molar-refractivity contribution in [2.45, 2.75) is 24.7 Å². The predicted octanol–water partition coefficient (Wildman–Crippen LogP) is 1.90. The molecule has 0 aliphatic carbocycles. The summed E-state index contributed by atoms with van der Waals surface area (Å²) in [6, 6.07) is 3.08. The van der Waals surface area contributed by atoms with Gasteiger partial charge in [0.15, 0.2) is 0 Å². The summed E-state index contributed by atoms with van der Waals surface area (Å²) in [5.74, 6) is 0.212. The van der Waals surface area contributed by atoms with Crippen LogP contribution < -0.4 is 16.2 Å². The molecule has 0 saturated carbocycles. The number of rotatable bonds is 5. The molecule has 5 N–H and O–H groups in total. The fourth-order valence-electron chi connectivity index (χ4n) is 2.02. The van der Waals surface area contributed by atoms with Gasteiger partial charge in [-0.2, -0.15) is 0 Å². The predicted molar refractivity (Wildman–Crippen MR) is 86.0 cm³/mol. The Balaban J connectivity index is 2.23. The standard InChI is InChI=1S/C13H18N4O2S2/c1-8(13-16-3-4-20-13)7-17-11-5-10(14)6-12(9(11)2)21(15,18)19/h3-6,8,17H,7,14H2,1-2H3,(H2,15,18,19). The third-order valence-corrected chi connectivity index (χ3v) is 5.20. The number of hydrogen-bond donors (Lipinski definition) is 3. The van der Waals surface area contributed by atoms with Gasteiger partial charge in [0, 0.05) is 35.4 Å². The van der Waals surface area contributed by atoms with Crippen molar-refractivity contribution >= 4 is 32.7 Å². The third kappa shape index (κ3) is 3.72. The van der Waals surface area contributed by atoms with Crippen LogP contribution in [0.2, 0.25) is 0 Å². The Bertz CT molecular complexity index is 727. The van der Waals surface area contributed by atoms with Crippen molar-refractivity contribution in [2.75, 3.05) is 17.6 Å². The first-order valence-corrected chi connectivity index (χ1v) is 8.78. The van der Waals surface area contributed by atoms with Crippen LogP contribution in [0, 0.1) is 6.92 Å². The lowest BCUT2D eigenvalue weighted by molar-refractivity contribution is 0.597. The highest BCUT2D eigenvalue weighted by atomic mass is 32.2. The lowest BCUT2D eigenvalue weighted by atomic mass is 10.1. The first-order valence-electron chi connectivity index (χ1n) is 6.35. The first-order chi connectivity index (χ1) is 9.79. The quantitative estimate of drug-likeness (QED) is 0.727. The van der Waals surface area contributed by atoms with Gasteiger partial charge in [0.1, 0.15) is 0 Å². The molecule has 0 fully saturated rings. The average molecular weight is 326 g/mol. The molecule has 8 heteroatoms. The van der Waals surface area contributed by atoms with E-state index in [0.717, 1.165) is 5.01 Å². The van der Waals surface area contributed by atoms with Crippen molar-refractivity contribution in [2.24, 2.45) is 5.14 Å². The highest BCUT2D eigenvalue weighted by molar-refractivity contribution is 7.89. The first kappa shape index (κ1) is 15.7. The Labute approximate surface area is 128 Å². The number of benzene rings is 1. The number of sulfonamides is 1. The van der Waals surface area contributed by atoms with Crippen molar-refractivity contribution in [3.05, 3.63) is 34.3 Å². The average Bonchev–Trinajstić information content (AvgIpc) is 2.91. The van der Waals surface area contributed by atoms with Gasteiger partial charge >= 0.3 is 0 Å². The Morgan fingerprint density at radius 2 is 2.14 bits per heavy atom. The number of nitrogens with zero attached hydrogens (tertiary/aromatic N) is 1. The molecule has 1 atom stereocenters. The molecule has 0 spiro atoms. The Hall–Kier alpha value is -1.64. The van der Waals surface area contributed by atoms with Crippen LogP contribution >= 0.6 is 11.3 Å². The number of nitrogen functional groups attached to an aromatic ring is 1. The van der Waals surface area contributed by atoms with Gasteiger partial charge in [-0.1, -0.05) is 6.92 Å². The molecule has 0 saturated heterocycles. The van der Waals surface area contributed by atoms with Crippen LogP contribution in [-0.4, -0.2) is 19.9 Å². The lowest BCUT2D eigenvalue weighted by Gasteiger charge is -2.16. The van der Waals surface area contributed by atoms with Crippen LogP contribution in [-0.2, 0) is 10.0 Å². The maximum Gasteiger partial charge on any atom is 0.238 e. The van der Waals surface area contributed by atoms with Crippen LogP contribution in [0.1, 0.15) is 23.4 Å². The summed E-state index contributed by atoms with van der Waals surface area (Å²) in [5.41, 5.74) is 7.35. The van der Waals surface area contributed by atoms with Gasteiger partial charge in [0.25, 0.3) is 0 Å². The molecule has 0 aliphatic rings. The summed E-state index contributed by atoms with van der Waals surface area (Å²) in [6.07, 6.45) is 1.77. The number of hydrogen-bond acceptors (Lipinski definition) is 6. The minimum absolute atomic E-state index is 0.0481. The number of nitrogens with two attached hydrogens (primary N) is 2. The minimum Gasteiger partial charge on any atom is -0.399 e. The van der Waals surface area contributed by atoms with E-state index in [9.17, 15) is 8.42 Å². The molecule has 1 heterocycles. The fraction of sp³-hybridized carbons (Fsp3) is 0.308. The molecule has 2 aromatic rings. The van der Waals surface area contributed by atoms with Gasteiger partial charge in [-0.25, -0.2) is 18.5 Å². The molecule has 1 unspecified atom stereocenters. The Morgan fingerprint density at radius 1 is 1.43 bits per heavy atom. The topological polar surface area (TPSA) is 111 Å². The van der Waals surface area contributed by atoms with E-state index in [0.29, 0.717) is 23.5 Å². The second-order valence-electron chi connectivity index (χ2n) is 4.89. The largest absolute Gasteiger partial charge is 0.399 e. The monoisotopic (exact) mass is 326 g/mol. The zero-order valence-electron chi connectivity index (χ0n) is 11.8. The molecule has 6 nitrogen and oxygen atoms in total. The second kappa shape index (κ2) is 6.00.